The van der Waals surface area contributed by atoms with Crippen molar-refractivity contribution in [2.75, 3.05) is 26.2 Å². The fraction of sp³-hybridized carbons (Fsp3) is 0.421. The van der Waals surface area contributed by atoms with E-state index in [0.717, 1.165) is 44.5 Å². The Hall–Kier alpha value is -2.18. The second-order valence-electron chi connectivity index (χ2n) is 6.35. The average Bonchev–Trinajstić information content (AvgIpc) is 3.11. The van der Waals surface area contributed by atoms with Crippen LogP contribution in [0.15, 0.2) is 40.8 Å². The third kappa shape index (κ3) is 4.90. The van der Waals surface area contributed by atoms with E-state index in [1.165, 1.54) is 12.1 Å². The molecule has 1 aliphatic rings. The molecule has 2 heterocycles. The Kier molecular flexibility index (Phi) is 5.83. The summed E-state index contributed by atoms with van der Waals surface area (Å²) in [5.74, 6) is 0.233. The zero-order valence-electron chi connectivity index (χ0n) is 14.1. The Morgan fingerprint density at radius 1 is 1.20 bits per heavy atom. The number of aliphatic hydroxyl groups is 1. The monoisotopic (exact) mass is 346 g/mol. The van der Waals surface area contributed by atoms with Crippen molar-refractivity contribution in [1.29, 1.82) is 0 Å². The van der Waals surface area contributed by atoms with Gasteiger partial charge in [-0.15, -0.1) is 0 Å². The smallest absolute Gasteiger partial charge is 0.287 e. The van der Waals surface area contributed by atoms with Gasteiger partial charge in [0.15, 0.2) is 5.76 Å². The Balaban J connectivity index is 1.43. The normalized spacial score (nSPS) is 16.1. The van der Waals surface area contributed by atoms with Crippen molar-refractivity contribution in [3.8, 4) is 11.3 Å². The fourth-order valence-electron chi connectivity index (χ4n) is 2.96. The van der Waals surface area contributed by atoms with Gasteiger partial charge in [-0.1, -0.05) is 0 Å². The Morgan fingerprint density at radius 3 is 2.64 bits per heavy atom. The lowest BCUT2D eigenvalue weighted by molar-refractivity contribution is 0.0814. The molecule has 3 rings (SSSR count). The van der Waals surface area contributed by atoms with Crippen LogP contribution in [-0.4, -0.2) is 48.2 Å². The first kappa shape index (κ1) is 17.6. The zero-order chi connectivity index (χ0) is 17.6. The van der Waals surface area contributed by atoms with Crippen molar-refractivity contribution in [3.63, 3.8) is 0 Å². The predicted octanol–water partition coefficient (Wildman–Crippen LogP) is 2.66. The highest BCUT2D eigenvalue weighted by atomic mass is 19.1. The van der Waals surface area contributed by atoms with Gasteiger partial charge in [0, 0.05) is 25.2 Å². The third-order valence-electron chi connectivity index (χ3n) is 4.45. The van der Waals surface area contributed by atoms with Gasteiger partial charge in [-0.2, -0.15) is 0 Å². The van der Waals surface area contributed by atoms with Gasteiger partial charge in [-0.25, -0.2) is 4.39 Å². The number of likely N-dealkylation sites (tertiary alicyclic amines) is 1. The lowest BCUT2D eigenvalue weighted by Gasteiger charge is -2.29. The van der Waals surface area contributed by atoms with E-state index in [1.54, 1.807) is 24.3 Å². The van der Waals surface area contributed by atoms with Gasteiger partial charge >= 0.3 is 0 Å². The van der Waals surface area contributed by atoms with Crippen molar-refractivity contribution in [2.24, 2.45) is 0 Å². The number of furan rings is 1. The maximum atomic E-state index is 13.0. The molecule has 2 aromatic rings. The molecule has 1 saturated heterocycles. The predicted molar refractivity (Wildman–Crippen MR) is 92.7 cm³/mol. The maximum absolute atomic E-state index is 13.0. The molecule has 0 radical (unpaired) electrons. The summed E-state index contributed by atoms with van der Waals surface area (Å²) < 4.78 is 18.5. The molecule has 0 spiro atoms. The lowest BCUT2D eigenvalue weighted by Crippen LogP contribution is -2.37. The molecule has 1 fully saturated rings. The van der Waals surface area contributed by atoms with Gasteiger partial charge in [-0.3, -0.25) is 4.79 Å². The van der Waals surface area contributed by atoms with E-state index in [2.05, 4.69) is 10.2 Å². The van der Waals surface area contributed by atoms with Crippen molar-refractivity contribution >= 4 is 5.91 Å². The molecule has 134 valence electrons. The van der Waals surface area contributed by atoms with Crippen molar-refractivity contribution in [3.05, 3.63) is 48.0 Å². The molecule has 1 aliphatic heterocycles. The van der Waals surface area contributed by atoms with E-state index in [0.29, 0.717) is 12.3 Å². The molecule has 2 N–H and O–H groups in total. The summed E-state index contributed by atoms with van der Waals surface area (Å²) in [5, 5.41) is 12.3. The van der Waals surface area contributed by atoms with Gasteiger partial charge in [-0.05, 0) is 62.2 Å². The number of nitrogens with zero attached hydrogens (tertiary/aromatic N) is 1. The molecule has 1 amide bonds. The Morgan fingerprint density at radius 2 is 1.92 bits per heavy atom. The van der Waals surface area contributed by atoms with Crippen molar-refractivity contribution in [1.82, 2.24) is 10.2 Å². The quantitative estimate of drug-likeness (QED) is 0.789. The van der Waals surface area contributed by atoms with Gasteiger partial charge in [0.2, 0.25) is 0 Å². The maximum Gasteiger partial charge on any atom is 0.287 e. The highest BCUT2D eigenvalue weighted by Crippen LogP contribution is 2.22. The minimum Gasteiger partial charge on any atom is -0.451 e. The lowest BCUT2D eigenvalue weighted by atomic mass is 10.1. The number of halogens is 1. The highest BCUT2D eigenvalue weighted by molar-refractivity contribution is 5.92. The molecular formula is C19H23FN2O3. The Bertz CT molecular complexity index is 691. The van der Waals surface area contributed by atoms with E-state index < -0.39 is 0 Å². The van der Waals surface area contributed by atoms with Crippen molar-refractivity contribution in [2.45, 2.75) is 25.4 Å². The number of benzene rings is 1. The highest BCUT2D eigenvalue weighted by Gasteiger charge is 2.16. The first-order valence-corrected chi connectivity index (χ1v) is 8.66. The number of nitrogens with one attached hydrogen (secondary N) is 1. The van der Waals surface area contributed by atoms with E-state index in [1.807, 2.05) is 0 Å². The zero-order valence-corrected chi connectivity index (χ0v) is 14.1. The van der Waals surface area contributed by atoms with Crippen molar-refractivity contribution < 1.29 is 18.7 Å². The standard InChI is InChI=1S/C19H23FN2O3/c20-15-4-2-14(3-5-15)17-6-7-18(25-17)19(24)21-10-1-11-22-12-8-16(23)9-13-22/h2-7,16,23H,1,8-13H2,(H,21,24). The van der Waals surface area contributed by atoms with Gasteiger partial charge in [0.25, 0.3) is 5.91 Å². The molecule has 25 heavy (non-hydrogen) atoms. The molecule has 1 aromatic carbocycles. The van der Waals surface area contributed by atoms with E-state index in [4.69, 9.17) is 4.42 Å². The molecule has 5 nitrogen and oxygen atoms in total. The topological polar surface area (TPSA) is 65.7 Å². The minimum atomic E-state index is -0.309. The van der Waals surface area contributed by atoms with Crippen LogP contribution >= 0.6 is 0 Å². The van der Waals surface area contributed by atoms with Crippen LogP contribution < -0.4 is 5.32 Å². The number of rotatable bonds is 6. The third-order valence-corrected chi connectivity index (χ3v) is 4.45. The molecule has 1 aromatic heterocycles. The minimum absolute atomic E-state index is 0.162. The van der Waals surface area contributed by atoms with Crippen LogP contribution in [0.3, 0.4) is 0 Å². The van der Waals surface area contributed by atoms with E-state index in [-0.39, 0.29) is 23.6 Å². The molecule has 0 bridgehead atoms. The van der Waals surface area contributed by atoms with E-state index in [9.17, 15) is 14.3 Å². The van der Waals surface area contributed by atoms with Gasteiger partial charge < -0.3 is 19.7 Å². The summed E-state index contributed by atoms with van der Waals surface area (Å²) in [5.41, 5.74) is 0.729. The molecule has 0 aliphatic carbocycles. The first-order valence-electron chi connectivity index (χ1n) is 8.66. The number of hydrogen-bond donors (Lipinski definition) is 2. The fourth-order valence-corrected chi connectivity index (χ4v) is 2.96. The summed E-state index contributed by atoms with van der Waals surface area (Å²) in [6.45, 7) is 3.30. The molecule has 0 atom stereocenters. The summed E-state index contributed by atoms with van der Waals surface area (Å²) >= 11 is 0. The van der Waals surface area contributed by atoms with Crippen LogP contribution in [-0.2, 0) is 0 Å². The molecular weight excluding hydrogens is 323 g/mol. The number of piperidine rings is 1. The number of aliphatic hydroxyl groups excluding tert-OH is 1. The van der Waals surface area contributed by atoms with Crippen LogP contribution in [0.4, 0.5) is 4.39 Å². The van der Waals surface area contributed by atoms with Crippen LogP contribution in [0, 0.1) is 5.82 Å². The number of amides is 1. The SMILES string of the molecule is O=C(NCCCN1CCC(O)CC1)c1ccc(-c2ccc(F)cc2)o1. The Labute approximate surface area is 146 Å². The number of carbonyl (C=O) groups is 1. The van der Waals surface area contributed by atoms with Gasteiger partial charge in [0.1, 0.15) is 11.6 Å². The van der Waals surface area contributed by atoms with Crippen LogP contribution in [0.5, 0.6) is 0 Å². The van der Waals surface area contributed by atoms with Crippen LogP contribution in [0.1, 0.15) is 29.8 Å². The van der Waals surface area contributed by atoms with Gasteiger partial charge in [0.05, 0.1) is 6.10 Å². The largest absolute Gasteiger partial charge is 0.451 e. The first-order chi connectivity index (χ1) is 12.1. The van der Waals surface area contributed by atoms with Crippen LogP contribution in [0.25, 0.3) is 11.3 Å². The van der Waals surface area contributed by atoms with Crippen LogP contribution in [0.2, 0.25) is 0 Å². The second-order valence-corrected chi connectivity index (χ2v) is 6.35. The molecule has 0 saturated carbocycles. The second kappa shape index (κ2) is 8.27. The summed E-state index contributed by atoms with van der Waals surface area (Å²) in [4.78, 5) is 14.4. The summed E-state index contributed by atoms with van der Waals surface area (Å²) in [7, 11) is 0. The number of hydrogen-bond acceptors (Lipinski definition) is 4. The summed E-state index contributed by atoms with van der Waals surface area (Å²) in [6, 6.07) is 9.28. The molecule has 0 unspecified atom stereocenters. The number of carbonyl (C=O) groups excluding carboxylic acids is 1. The average molecular weight is 346 g/mol. The molecule has 6 heteroatoms. The van der Waals surface area contributed by atoms with E-state index >= 15 is 0 Å². The summed E-state index contributed by atoms with van der Waals surface area (Å²) in [6.07, 6.45) is 2.34.